The van der Waals surface area contributed by atoms with Crippen molar-refractivity contribution in [3.63, 3.8) is 0 Å². The summed E-state index contributed by atoms with van der Waals surface area (Å²) in [6.45, 7) is 0. The predicted octanol–water partition coefficient (Wildman–Crippen LogP) is 5.39. The van der Waals surface area contributed by atoms with Crippen LogP contribution >= 0.6 is 11.6 Å². The molecule has 5 nitrogen and oxygen atoms in total. The molecule has 0 saturated carbocycles. The number of ether oxygens (including phenoxy) is 1. The van der Waals surface area contributed by atoms with Crippen LogP contribution in [-0.2, 0) is 12.8 Å². The number of rotatable bonds is 5. The van der Waals surface area contributed by atoms with E-state index in [4.69, 9.17) is 21.3 Å². The topological polar surface area (TPSA) is 52.3 Å². The summed E-state index contributed by atoms with van der Waals surface area (Å²) in [5.41, 5.74) is 4.00. The zero-order chi connectivity index (χ0) is 20.5. The Morgan fingerprint density at radius 2 is 1.70 bits per heavy atom. The third-order valence-corrected chi connectivity index (χ3v) is 5.47. The highest BCUT2D eigenvalue weighted by molar-refractivity contribution is 6.31. The number of fused-ring (bicyclic) bond motifs is 3. The van der Waals surface area contributed by atoms with Crippen molar-refractivity contribution in [3.05, 3.63) is 89.2 Å². The second-order valence-corrected chi connectivity index (χ2v) is 7.49. The second kappa shape index (κ2) is 7.76. The standard InChI is InChI=1S/C24H19ClN4O/c1-30-21-10-6-5-7-16(21)11-14-22-27-28-24-26-23(17-8-3-2-4-9-17)19-15-18(25)12-13-20(19)29(22)24/h2-10,12-13,15H,11,14H2,1H3. The molecule has 0 atom stereocenters. The quantitative estimate of drug-likeness (QED) is 0.387. The van der Waals surface area contributed by atoms with Gasteiger partial charge in [-0.2, -0.15) is 0 Å². The number of aryl methyl sites for hydroxylation is 2. The monoisotopic (exact) mass is 414 g/mol. The summed E-state index contributed by atoms with van der Waals surface area (Å²) in [6, 6.07) is 24.0. The maximum absolute atomic E-state index is 6.34. The molecular formula is C24H19ClN4O. The number of halogens is 1. The highest BCUT2D eigenvalue weighted by Crippen LogP contribution is 2.30. The third kappa shape index (κ3) is 3.27. The van der Waals surface area contributed by atoms with Crippen molar-refractivity contribution in [3.8, 4) is 17.0 Å². The van der Waals surface area contributed by atoms with E-state index in [-0.39, 0.29) is 0 Å². The van der Waals surface area contributed by atoms with Crippen LogP contribution < -0.4 is 4.74 Å². The first kappa shape index (κ1) is 18.6. The maximum atomic E-state index is 6.34. The first-order valence-corrected chi connectivity index (χ1v) is 10.1. The number of hydrogen-bond acceptors (Lipinski definition) is 4. The molecule has 5 rings (SSSR count). The molecule has 0 radical (unpaired) electrons. The van der Waals surface area contributed by atoms with Gasteiger partial charge in [-0.1, -0.05) is 60.1 Å². The highest BCUT2D eigenvalue weighted by Gasteiger charge is 2.16. The minimum absolute atomic E-state index is 0.582. The van der Waals surface area contributed by atoms with E-state index >= 15 is 0 Å². The van der Waals surface area contributed by atoms with Crippen LogP contribution in [0.5, 0.6) is 5.75 Å². The molecule has 0 amide bonds. The van der Waals surface area contributed by atoms with Crippen molar-refractivity contribution in [2.75, 3.05) is 7.11 Å². The molecule has 0 aliphatic heterocycles. The van der Waals surface area contributed by atoms with Gasteiger partial charge in [0.05, 0.1) is 18.3 Å². The SMILES string of the molecule is COc1ccccc1CCc1nnc2nc(-c3ccccc3)c3cc(Cl)ccc3n12. The maximum Gasteiger partial charge on any atom is 0.256 e. The molecule has 6 heteroatoms. The van der Waals surface area contributed by atoms with E-state index in [9.17, 15) is 0 Å². The van der Waals surface area contributed by atoms with Crippen LogP contribution in [0.3, 0.4) is 0 Å². The van der Waals surface area contributed by atoms with Gasteiger partial charge >= 0.3 is 0 Å². The van der Waals surface area contributed by atoms with E-state index in [1.54, 1.807) is 7.11 Å². The van der Waals surface area contributed by atoms with Gasteiger partial charge in [0.25, 0.3) is 5.78 Å². The Labute approximate surface area is 178 Å². The van der Waals surface area contributed by atoms with E-state index in [0.29, 0.717) is 17.2 Å². The minimum Gasteiger partial charge on any atom is -0.496 e. The predicted molar refractivity (Wildman–Crippen MR) is 119 cm³/mol. The van der Waals surface area contributed by atoms with Gasteiger partial charge in [0.2, 0.25) is 0 Å². The molecule has 148 valence electrons. The number of para-hydroxylation sites is 1. The number of aromatic nitrogens is 4. The first-order valence-electron chi connectivity index (χ1n) is 9.75. The average molecular weight is 415 g/mol. The summed E-state index contributed by atoms with van der Waals surface area (Å²) < 4.78 is 7.50. The lowest BCUT2D eigenvalue weighted by Gasteiger charge is -2.11. The summed E-state index contributed by atoms with van der Waals surface area (Å²) in [7, 11) is 1.69. The Balaban J connectivity index is 1.64. The van der Waals surface area contributed by atoms with Crippen LogP contribution in [0.15, 0.2) is 72.8 Å². The number of nitrogens with zero attached hydrogens (tertiary/aromatic N) is 4. The van der Waals surface area contributed by atoms with Gasteiger partial charge in [0.1, 0.15) is 11.6 Å². The Kier molecular flexibility index (Phi) is 4.81. The summed E-state index contributed by atoms with van der Waals surface area (Å²) in [6.07, 6.45) is 1.51. The molecule has 0 saturated heterocycles. The molecule has 0 fully saturated rings. The molecule has 0 N–H and O–H groups in total. The fourth-order valence-corrected chi connectivity index (χ4v) is 3.99. The molecule has 2 aromatic heterocycles. The molecule has 0 aliphatic carbocycles. The molecule has 0 bridgehead atoms. The summed E-state index contributed by atoms with van der Waals surface area (Å²) in [4.78, 5) is 4.83. The largest absolute Gasteiger partial charge is 0.496 e. The lowest BCUT2D eigenvalue weighted by Crippen LogP contribution is -2.02. The molecule has 5 aromatic rings. The van der Waals surface area contributed by atoms with Gasteiger partial charge < -0.3 is 4.74 Å². The van der Waals surface area contributed by atoms with Crippen LogP contribution in [0.4, 0.5) is 0 Å². The fourth-order valence-electron chi connectivity index (χ4n) is 3.81. The fraction of sp³-hybridized carbons (Fsp3) is 0.125. The first-order chi connectivity index (χ1) is 14.7. The number of hydrogen-bond donors (Lipinski definition) is 0. The van der Waals surface area contributed by atoms with Crippen LogP contribution in [0.2, 0.25) is 5.02 Å². The van der Waals surface area contributed by atoms with Gasteiger partial charge in [0.15, 0.2) is 0 Å². The normalized spacial score (nSPS) is 11.3. The van der Waals surface area contributed by atoms with Crippen molar-refractivity contribution in [1.29, 1.82) is 0 Å². The van der Waals surface area contributed by atoms with Crippen molar-refractivity contribution in [2.45, 2.75) is 12.8 Å². The summed E-state index contributed by atoms with van der Waals surface area (Å²) in [5, 5.41) is 10.5. The van der Waals surface area contributed by atoms with Gasteiger partial charge in [-0.25, -0.2) is 4.98 Å². The van der Waals surface area contributed by atoms with Gasteiger partial charge in [-0.3, -0.25) is 4.40 Å². The van der Waals surface area contributed by atoms with Crippen LogP contribution in [0.25, 0.3) is 27.9 Å². The smallest absolute Gasteiger partial charge is 0.256 e. The van der Waals surface area contributed by atoms with E-state index in [1.165, 1.54) is 0 Å². The van der Waals surface area contributed by atoms with Gasteiger partial charge in [-0.15, -0.1) is 10.2 Å². The molecule has 0 spiro atoms. The molecular weight excluding hydrogens is 396 g/mol. The van der Waals surface area contributed by atoms with Crippen LogP contribution in [-0.4, -0.2) is 26.7 Å². The molecule has 0 aliphatic rings. The summed E-state index contributed by atoms with van der Waals surface area (Å²) in [5.74, 6) is 2.32. The van der Waals surface area contributed by atoms with Crippen LogP contribution in [0, 0.1) is 0 Å². The Bertz CT molecular complexity index is 1350. The van der Waals surface area contributed by atoms with E-state index in [1.807, 2.05) is 71.1 Å². The highest BCUT2D eigenvalue weighted by atomic mass is 35.5. The zero-order valence-electron chi connectivity index (χ0n) is 16.4. The second-order valence-electron chi connectivity index (χ2n) is 7.05. The molecule has 30 heavy (non-hydrogen) atoms. The average Bonchev–Trinajstić information content (AvgIpc) is 3.20. The van der Waals surface area contributed by atoms with Gasteiger partial charge in [0, 0.05) is 22.4 Å². The molecule has 0 unspecified atom stereocenters. The van der Waals surface area contributed by atoms with Crippen molar-refractivity contribution >= 4 is 28.3 Å². The molecule has 2 heterocycles. The Morgan fingerprint density at radius 1 is 0.900 bits per heavy atom. The van der Waals surface area contributed by atoms with Crippen molar-refractivity contribution < 1.29 is 4.74 Å². The Hall–Kier alpha value is -3.44. The lowest BCUT2D eigenvalue weighted by atomic mass is 10.1. The summed E-state index contributed by atoms with van der Waals surface area (Å²) >= 11 is 6.34. The third-order valence-electron chi connectivity index (χ3n) is 5.24. The lowest BCUT2D eigenvalue weighted by molar-refractivity contribution is 0.409. The van der Waals surface area contributed by atoms with Gasteiger partial charge in [-0.05, 0) is 36.2 Å². The minimum atomic E-state index is 0.582. The van der Waals surface area contributed by atoms with E-state index < -0.39 is 0 Å². The number of benzene rings is 3. The van der Waals surface area contributed by atoms with E-state index in [0.717, 1.165) is 45.7 Å². The number of methoxy groups -OCH3 is 1. The zero-order valence-corrected chi connectivity index (χ0v) is 17.2. The Morgan fingerprint density at radius 3 is 2.53 bits per heavy atom. The molecule has 3 aromatic carbocycles. The van der Waals surface area contributed by atoms with Crippen molar-refractivity contribution in [1.82, 2.24) is 19.6 Å². The van der Waals surface area contributed by atoms with E-state index in [2.05, 4.69) is 16.3 Å². The van der Waals surface area contributed by atoms with Crippen LogP contribution in [0.1, 0.15) is 11.4 Å². The van der Waals surface area contributed by atoms with Crippen molar-refractivity contribution in [2.24, 2.45) is 0 Å².